The molecule has 3 aliphatic rings. The zero-order chi connectivity index (χ0) is 18.3. The molecule has 7 nitrogen and oxygen atoms in total. The third-order valence-electron chi connectivity index (χ3n) is 5.67. The minimum Gasteiger partial charge on any atom is -0.486 e. The second-order valence-electron chi connectivity index (χ2n) is 7.22. The first-order valence-electron chi connectivity index (χ1n) is 9.08. The molecule has 0 unspecified atom stereocenters. The van der Waals surface area contributed by atoms with Crippen molar-refractivity contribution in [3.8, 4) is 11.5 Å². The van der Waals surface area contributed by atoms with Crippen molar-refractivity contribution in [1.29, 1.82) is 0 Å². The lowest BCUT2D eigenvalue weighted by molar-refractivity contribution is -0.133. The van der Waals surface area contributed by atoms with Crippen molar-refractivity contribution < 1.29 is 23.9 Å². The number of carbonyl (C=O) groups is 3. The molecule has 2 fully saturated rings. The Balaban J connectivity index is 1.52. The zero-order valence-corrected chi connectivity index (χ0v) is 14.7. The maximum absolute atomic E-state index is 12.9. The van der Waals surface area contributed by atoms with Crippen LogP contribution < -0.4 is 14.8 Å². The van der Waals surface area contributed by atoms with E-state index in [-0.39, 0.29) is 24.2 Å². The van der Waals surface area contributed by atoms with Crippen LogP contribution in [0.1, 0.15) is 43.0 Å². The summed E-state index contributed by atoms with van der Waals surface area (Å²) in [7, 11) is 0. The Morgan fingerprint density at radius 2 is 2.00 bits per heavy atom. The highest BCUT2D eigenvalue weighted by molar-refractivity contribution is 6.11. The second-order valence-corrected chi connectivity index (χ2v) is 7.22. The molecule has 138 valence electrons. The van der Waals surface area contributed by atoms with Crippen molar-refractivity contribution in [1.82, 2.24) is 10.2 Å². The Labute approximate surface area is 151 Å². The van der Waals surface area contributed by atoms with Gasteiger partial charge in [0.25, 0.3) is 5.91 Å². The summed E-state index contributed by atoms with van der Waals surface area (Å²) < 4.78 is 10.9. The number of nitrogens with one attached hydrogen (secondary N) is 1. The molecule has 4 rings (SSSR count). The van der Waals surface area contributed by atoms with Crippen LogP contribution in [0.4, 0.5) is 4.79 Å². The third-order valence-corrected chi connectivity index (χ3v) is 5.67. The molecule has 1 aliphatic carbocycles. The van der Waals surface area contributed by atoms with E-state index >= 15 is 0 Å². The average molecular weight is 358 g/mol. The number of amides is 3. The summed E-state index contributed by atoms with van der Waals surface area (Å²) in [4.78, 5) is 39.1. The molecule has 26 heavy (non-hydrogen) atoms. The van der Waals surface area contributed by atoms with Gasteiger partial charge in [-0.25, -0.2) is 4.79 Å². The lowest BCUT2D eigenvalue weighted by Gasteiger charge is -2.36. The normalized spacial score (nSPS) is 27.6. The predicted molar refractivity (Wildman–Crippen MR) is 92.4 cm³/mol. The lowest BCUT2D eigenvalue weighted by atomic mass is 9.73. The molecule has 2 heterocycles. The minimum absolute atomic E-state index is 0.0714. The first kappa shape index (κ1) is 16.9. The number of ketones is 1. The Morgan fingerprint density at radius 3 is 2.77 bits per heavy atom. The molecule has 2 aliphatic heterocycles. The Kier molecular flexibility index (Phi) is 4.09. The maximum atomic E-state index is 12.9. The van der Waals surface area contributed by atoms with E-state index in [0.717, 1.165) is 24.2 Å². The van der Waals surface area contributed by atoms with Crippen LogP contribution in [0.25, 0.3) is 0 Å². The van der Waals surface area contributed by atoms with Crippen molar-refractivity contribution in [2.75, 3.05) is 19.8 Å². The smallest absolute Gasteiger partial charge is 0.325 e. The van der Waals surface area contributed by atoms with E-state index in [4.69, 9.17) is 9.47 Å². The molecule has 3 amide bonds. The number of hydrogen-bond acceptors (Lipinski definition) is 5. The summed E-state index contributed by atoms with van der Waals surface area (Å²) in [6.45, 7) is 2.63. The highest BCUT2D eigenvalue weighted by atomic mass is 16.6. The van der Waals surface area contributed by atoms with Crippen LogP contribution in [-0.2, 0) is 4.79 Å². The van der Waals surface area contributed by atoms with Gasteiger partial charge in [0.05, 0.1) is 6.54 Å². The largest absolute Gasteiger partial charge is 0.486 e. The second kappa shape index (κ2) is 6.30. The fraction of sp³-hybridized carbons (Fsp3) is 0.526. The number of fused-ring (bicyclic) bond motifs is 1. The molecule has 1 aromatic carbocycles. The Morgan fingerprint density at radius 1 is 1.23 bits per heavy atom. The van der Waals surface area contributed by atoms with Crippen molar-refractivity contribution in [2.45, 2.75) is 38.1 Å². The van der Waals surface area contributed by atoms with E-state index < -0.39 is 11.6 Å². The number of urea groups is 1. The van der Waals surface area contributed by atoms with E-state index in [1.54, 1.807) is 18.2 Å². The van der Waals surface area contributed by atoms with E-state index in [1.807, 2.05) is 6.92 Å². The molecule has 7 heteroatoms. The number of hydrogen-bond donors (Lipinski definition) is 1. The van der Waals surface area contributed by atoms with Crippen molar-refractivity contribution in [3.05, 3.63) is 23.8 Å². The number of imide groups is 1. The van der Waals surface area contributed by atoms with Crippen LogP contribution in [0.5, 0.6) is 11.5 Å². The number of nitrogens with zero attached hydrogens (tertiary/aromatic N) is 1. The van der Waals surface area contributed by atoms with Gasteiger partial charge in [0.15, 0.2) is 17.3 Å². The molecule has 0 radical (unpaired) electrons. The fourth-order valence-corrected chi connectivity index (χ4v) is 4.09. The standard InChI is InChI=1S/C19H22N2O5/c1-12-4-2-3-7-19(12)17(23)21(18(24)20-19)11-14(22)13-5-6-15-16(10-13)26-9-8-25-15/h5-6,10,12H,2-4,7-9,11H2,1H3,(H,20,24)/t12-,19+/m0/s1. The van der Waals surface area contributed by atoms with Gasteiger partial charge in [-0.1, -0.05) is 19.8 Å². The van der Waals surface area contributed by atoms with Gasteiger partial charge in [-0.2, -0.15) is 0 Å². The highest BCUT2D eigenvalue weighted by Crippen LogP contribution is 2.38. The molecule has 0 bridgehead atoms. The molecule has 1 saturated carbocycles. The molecule has 1 saturated heterocycles. The summed E-state index contributed by atoms with van der Waals surface area (Å²) in [5.74, 6) is 0.600. The SMILES string of the molecule is C[C@H]1CCCC[C@@]12NC(=O)N(CC(=O)c1ccc3c(c1)OCCO3)C2=O. The molecule has 2 atom stereocenters. The Bertz CT molecular complexity index is 777. The minimum atomic E-state index is -0.845. The number of Topliss-reactive ketones (excluding diaryl/α,β-unsaturated/α-hetero) is 1. The summed E-state index contributed by atoms with van der Waals surface area (Å²) in [6, 6.07) is 4.44. The van der Waals surface area contributed by atoms with Gasteiger partial charge >= 0.3 is 6.03 Å². The van der Waals surface area contributed by atoms with Gasteiger partial charge in [-0.3, -0.25) is 14.5 Å². The third kappa shape index (κ3) is 2.62. The van der Waals surface area contributed by atoms with Crippen LogP contribution >= 0.6 is 0 Å². The quantitative estimate of drug-likeness (QED) is 0.661. The number of benzene rings is 1. The van der Waals surface area contributed by atoms with Gasteiger partial charge in [0, 0.05) is 5.56 Å². The summed E-state index contributed by atoms with van der Waals surface area (Å²) in [5.41, 5.74) is -0.449. The molecule has 1 aromatic rings. The summed E-state index contributed by atoms with van der Waals surface area (Å²) in [5, 5.41) is 2.87. The van der Waals surface area contributed by atoms with Crippen LogP contribution in [0.3, 0.4) is 0 Å². The molecular formula is C19H22N2O5. The summed E-state index contributed by atoms with van der Waals surface area (Å²) >= 11 is 0. The van der Waals surface area contributed by atoms with E-state index in [9.17, 15) is 14.4 Å². The van der Waals surface area contributed by atoms with E-state index in [0.29, 0.717) is 36.7 Å². The molecule has 1 spiro atoms. The first-order valence-corrected chi connectivity index (χ1v) is 9.08. The van der Waals surface area contributed by atoms with Crippen LogP contribution in [-0.4, -0.2) is 47.9 Å². The van der Waals surface area contributed by atoms with Gasteiger partial charge in [0.1, 0.15) is 18.8 Å². The number of rotatable bonds is 3. The van der Waals surface area contributed by atoms with Crippen molar-refractivity contribution in [2.24, 2.45) is 5.92 Å². The van der Waals surface area contributed by atoms with Crippen LogP contribution in [0.2, 0.25) is 0 Å². The van der Waals surface area contributed by atoms with Gasteiger partial charge in [-0.15, -0.1) is 0 Å². The van der Waals surface area contributed by atoms with Gasteiger partial charge in [-0.05, 0) is 37.0 Å². The Hall–Kier alpha value is -2.57. The summed E-state index contributed by atoms with van der Waals surface area (Å²) in [6.07, 6.45) is 3.49. The zero-order valence-electron chi connectivity index (χ0n) is 14.7. The number of carbonyl (C=O) groups excluding carboxylic acids is 3. The highest BCUT2D eigenvalue weighted by Gasteiger charge is 2.55. The average Bonchev–Trinajstić information content (AvgIpc) is 2.89. The first-order chi connectivity index (χ1) is 12.5. The van der Waals surface area contributed by atoms with Crippen molar-refractivity contribution in [3.63, 3.8) is 0 Å². The lowest BCUT2D eigenvalue weighted by Crippen LogP contribution is -2.54. The van der Waals surface area contributed by atoms with Gasteiger partial charge < -0.3 is 14.8 Å². The molecule has 1 N–H and O–H groups in total. The molecular weight excluding hydrogens is 336 g/mol. The fourth-order valence-electron chi connectivity index (χ4n) is 4.09. The van der Waals surface area contributed by atoms with Crippen LogP contribution in [0.15, 0.2) is 18.2 Å². The van der Waals surface area contributed by atoms with E-state index in [2.05, 4.69) is 5.32 Å². The molecule has 0 aromatic heterocycles. The predicted octanol–water partition coefficient (Wildman–Crippen LogP) is 2.14. The van der Waals surface area contributed by atoms with Gasteiger partial charge in [0.2, 0.25) is 0 Å². The topological polar surface area (TPSA) is 84.9 Å². The van der Waals surface area contributed by atoms with E-state index in [1.165, 1.54) is 0 Å². The van der Waals surface area contributed by atoms with Crippen LogP contribution in [0, 0.1) is 5.92 Å². The number of ether oxygens (including phenoxy) is 2. The maximum Gasteiger partial charge on any atom is 0.325 e. The monoisotopic (exact) mass is 358 g/mol. The van der Waals surface area contributed by atoms with Crippen molar-refractivity contribution >= 4 is 17.7 Å².